The minimum Gasteiger partial charge on any atom is -0.394 e. The smallest absolute Gasteiger partial charge is 0.237 e. The highest BCUT2D eigenvalue weighted by Crippen LogP contribution is 2.47. The second-order valence-electron chi connectivity index (χ2n) is 7.78. The fourth-order valence-corrected chi connectivity index (χ4v) is 4.52. The van der Waals surface area contributed by atoms with E-state index in [2.05, 4.69) is 11.4 Å². The summed E-state index contributed by atoms with van der Waals surface area (Å²) in [5.74, 6) is -0.0155. The van der Waals surface area contributed by atoms with Crippen LogP contribution in [0.4, 0.5) is 0 Å². The van der Waals surface area contributed by atoms with Crippen LogP contribution in [0, 0.1) is 16.7 Å². The van der Waals surface area contributed by atoms with E-state index in [1.807, 2.05) is 0 Å². The quantitative estimate of drug-likeness (QED) is 0.806. The zero-order chi connectivity index (χ0) is 17.0. The Morgan fingerprint density at radius 2 is 1.96 bits per heavy atom. The minimum atomic E-state index is -0.346. The molecule has 2 heterocycles. The molecule has 6 heteroatoms. The maximum absolute atomic E-state index is 12.4. The van der Waals surface area contributed by atoms with Crippen LogP contribution in [-0.4, -0.2) is 60.4 Å². The van der Waals surface area contributed by atoms with Gasteiger partial charge in [-0.2, -0.15) is 5.26 Å². The standard InChI is InChI=1S/C18H29N3O3/c19-12-15-2-1-9-21(15)16(23)13-20-18(14-22)5-3-17(4-6-18)7-10-24-11-8-17/h15,20,22H,1-11,13-14H2/t15-/m0/s1. The second kappa shape index (κ2) is 7.38. The van der Waals surface area contributed by atoms with Gasteiger partial charge in [-0.25, -0.2) is 0 Å². The molecular formula is C18H29N3O3. The molecule has 1 spiro atoms. The predicted molar refractivity (Wildman–Crippen MR) is 89.1 cm³/mol. The van der Waals surface area contributed by atoms with Gasteiger partial charge in [0.1, 0.15) is 6.04 Å². The van der Waals surface area contributed by atoms with Gasteiger partial charge in [0.05, 0.1) is 19.2 Å². The van der Waals surface area contributed by atoms with Gasteiger partial charge in [0.2, 0.25) is 5.91 Å². The number of amides is 1. The van der Waals surface area contributed by atoms with Gasteiger partial charge in [0, 0.05) is 25.3 Å². The first-order valence-electron chi connectivity index (χ1n) is 9.25. The zero-order valence-electron chi connectivity index (χ0n) is 14.4. The third-order valence-electron chi connectivity index (χ3n) is 6.46. The van der Waals surface area contributed by atoms with E-state index in [1.54, 1.807) is 4.90 Å². The number of carbonyl (C=O) groups is 1. The lowest BCUT2D eigenvalue weighted by Gasteiger charge is -2.48. The molecule has 0 aromatic rings. The molecule has 2 aliphatic heterocycles. The normalized spacial score (nSPS) is 28.7. The highest BCUT2D eigenvalue weighted by Gasteiger charge is 2.43. The molecule has 0 unspecified atom stereocenters. The van der Waals surface area contributed by atoms with Crippen molar-refractivity contribution in [3.05, 3.63) is 0 Å². The van der Waals surface area contributed by atoms with Crippen molar-refractivity contribution in [3.8, 4) is 6.07 Å². The van der Waals surface area contributed by atoms with Crippen molar-refractivity contribution in [2.45, 2.75) is 62.9 Å². The highest BCUT2D eigenvalue weighted by molar-refractivity contribution is 5.79. The minimum absolute atomic E-state index is 0.0155. The number of likely N-dealkylation sites (tertiary alicyclic amines) is 1. The van der Waals surface area contributed by atoms with Crippen molar-refractivity contribution in [1.29, 1.82) is 5.26 Å². The number of carbonyl (C=O) groups excluding carboxylic acids is 1. The molecule has 0 radical (unpaired) electrons. The van der Waals surface area contributed by atoms with E-state index in [-0.39, 0.29) is 30.6 Å². The number of hydrogen-bond acceptors (Lipinski definition) is 5. The fourth-order valence-electron chi connectivity index (χ4n) is 4.52. The lowest BCUT2D eigenvalue weighted by Crippen LogP contribution is -2.56. The van der Waals surface area contributed by atoms with Gasteiger partial charge < -0.3 is 20.1 Å². The summed E-state index contributed by atoms with van der Waals surface area (Å²) in [6.07, 6.45) is 7.88. The van der Waals surface area contributed by atoms with Crippen LogP contribution in [0.25, 0.3) is 0 Å². The Morgan fingerprint density at radius 3 is 2.58 bits per heavy atom. The molecule has 0 aromatic carbocycles. The van der Waals surface area contributed by atoms with Crippen molar-refractivity contribution in [3.63, 3.8) is 0 Å². The van der Waals surface area contributed by atoms with Gasteiger partial charge >= 0.3 is 0 Å². The number of nitrogens with one attached hydrogen (secondary N) is 1. The lowest BCUT2D eigenvalue weighted by molar-refractivity contribution is -0.131. The Bertz CT molecular complexity index is 486. The van der Waals surface area contributed by atoms with E-state index in [4.69, 9.17) is 10.00 Å². The molecule has 0 aromatic heterocycles. The molecule has 3 fully saturated rings. The molecule has 2 saturated heterocycles. The summed E-state index contributed by atoms with van der Waals surface area (Å²) in [7, 11) is 0. The summed E-state index contributed by atoms with van der Waals surface area (Å²) in [5.41, 5.74) is 0.0323. The van der Waals surface area contributed by atoms with Gasteiger partial charge in [-0.1, -0.05) is 0 Å². The monoisotopic (exact) mass is 335 g/mol. The van der Waals surface area contributed by atoms with E-state index in [0.717, 1.165) is 64.6 Å². The zero-order valence-corrected chi connectivity index (χ0v) is 14.4. The number of hydrogen-bond donors (Lipinski definition) is 2. The maximum atomic E-state index is 12.4. The van der Waals surface area contributed by atoms with Gasteiger partial charge in [-0.3, -0.25) is 4.79 Å². The topological polar surface area (TPSA) is 85.6 Å². The van der Waals surface area contributed by atoms with Crippen molar-refractivity contribution >= 4 is 5.91 Å². The Hall–Kier alpha value is -1.16. The third-order valence-corrected chi connectivity index (χ3v) is 6.46. The molecule has 24 heavy (non-hydrogen) atoms. The summed E-state index contributed by atoms with van der Waals surface area (Å²) in [5, 5.41) is 22.4. The molecule has 134 valence electrons. The number of aliphatic hydroxyl groups is 1. The lowest BCUT2D eigenvalue weighted by atomic mass is 9.64. The van der Waals surface area contributed by atoms with Crippen LogP contribution >= 0.6 is 0 Å². The van der Waals surface area contributed by atoms with Crippen molar-refractivity contribution in [2.75, 3.05) is 32.9 Å². The van der Waals surface area contributed by atoms with E-state index in [9.17, 15) is 9.90 Å². The average Bonchev–Trinajstić information content (AvgIpc) is 3.11. The van der Waals surface area contributed by atoms with Crippen LogP contribution in [0.1, 0.15) is 51.4 Å². The third kappa shape index (κ3) is 3.58. The largest absolute Gasteiger partial charge is 0.394 e. The predicted octanol–water partition coefficient (Wildman–Crippen LogP) is 1.19. The number of rotatable bonds is 4. The number of aliphatic hydroxyl groups excluding tert-OH is 1. The first kappa shape index (κ1) is 17.7. The molecular weight excluding hydrogens is 306 g/mol. The average molecular weight is 335 g/mol. The van der Waals surface area contributed by atoms with Crippen molar-refractivity contribution < 1.29 is 14.6 Å². The van der Waals surface area contributed by atoms with Gasteiger partial charge in [-0.15, -0.1) is 0 Å². The molecule has 1 atom stereocenters. The van der Waals surface area contributed by atoms with E-state index < -0.39 is 0 Å². The Kier molecular flexibility index (Phi) is 5.43. The summed E-state index contributed by atoms with van der Waals surface area (Å²) in [4.78, 5) is 14.1. The first-order chi connectivity index (χ1) is 11.6. The molecule has 0 bridgehead atoms. The van der Waals surface area contributed by atoms with Gasteiger partial charge in [0.25, 0.3) is 0 Å². The Labute approximate surface area is 144 Å². The van der Waals surface area contributed by atoms with Crippen LogP contribution in [0.2, 0.25) is 0 Å². The van der Waals surface area contributed by atoms with E-state index in [0.29, 0.717) is 12.0 Å². The Balaban J connectivity index is 1.53. The summed E-state index contributed by atoms with van der Waals surface area (Å²) in [6, 6.07) is 1.93. The number of nitriles is 1. The van der Waals surface area contributed by atoms with Crippen LogP contribution in [0.15, 0.2) is 0 Å². The maximum Gasteiger partial charge on any atom is 0.237 e. The highest BCUT2D eigenvalue weighted by atomic mass is 16.5. The van der Waals surface area contributed by atoms with Crippen LogP contribution in [0.3, 0.4) is 0 Å². The van der Waals surface area contributed by atoms with Gasteiger partial charge in [-0.05, 0) is 56.8 Å². The SMILES string of the molecule is N#C[C@@H]1CCCN1C(=O)CNC1(CO)CCC2(CCOCC2)CC1. The van der Waals surface area contributed by atoms with Crippen LogP contribution in [-0.2, 0) is 9.53 Å². The number of ether oxygens (including phenoxy) is 1. The molecule has 3 rings (SSSR count). The second-order valence-corrected chi connectivity index (χ2v) is 7.78. The molecule has 2 N–H and O–H groups in total. The molecule has 1 aliphatic carbocycles. The van der Waals surface area contributed by atoms with Crippen LogP contribution in [0.5, 0.6) is 0 Å². The molecule has 1 amide bonds. The van der Waals surface area contributed by atoms with Crippen molar-refractivity contribution in [2.24, 2.45) is 5.41 Å². The Morgan fingerprint density at radius 1 is 1.25 bits per heavy atom. The van der Waals surface area contributed by atoms with E-state index in [1.165, 1.54) is 0 Å². The first-order valence-corrected chi connectivity index (χ1v) is 9.25. The van der Waals surface area contributed by atoms with Gasteiger partial charge in [0.15, 0.2) is 0 Å². The van der Waals surface area contributed by atoms with E-state index >= 15 is 0 Å². The van der Waals surface area contributed by atoms with Crippen LogP contribution < -0.4 is 5.32 Å². The summed E-state index contributed by atoms with van der Waals surface area (Å²) >= 11 is 0. The summed E-state index contributed by atoms with van der Waals surface area (Å²) in [6.45, 7) is 2.66. The molecule has 1 saturated carbocycles. The number of nitrogens with zero attached hydrogens (tertiary/aromatic N) is 2. The summed E-state index contributed by atoms with van der Waals surface area (Å²) < 4.78 is 5.49. The molecule has 3 aliphatic rings. The van der Waals surface area contributed by atoms with Crippen molar-refractivity contribution in [1.82, 2.24) is 10.2 Å². The fraction of sp³-hybridized carbons (Fsp3) is 0.889. The molecule has 6 nitrogen and oxygen atoms in total.